The Kier molecular flexibility index (Phi) is 6.65. The van der Waals surface area contributed by atoms with E-state index in [1.807, 2.05) is 37.3 Å². The van der Waals surface area contributed by atoms with Crippen LogP contribution in [0.3, 0.4) is 0 Å². The van der Waals surface area contributed by atoms with Crippen LogP contribution in [0.1, 0.15) is 57.5 Å². The number of benzene rings is 2. The Hall–Kier alpha value is -3.00. The number of carbonyl (C=O) groups excluding carboxylic acids is 2. The predicted octanol–water partition coefficient (Wildman–Crippen LogP) is 3.32. The van der Waals surface area contributed by atoms with Gasteiger partial charge in [-0.25, -0.2) is 8.78 Å². The second kappa shape index (κ2) is 9.47. The summed E-state index contributed by atoms with van der Waals surface area (Å²) in [5.41, 5.74) is 2.39. The van der Waals surface area contributed by atoms with Crippen molar-refractivity contribution >= 4 is 11.8 Å². The number of amides is 2. The third-order valence-corrected chi connectivity index (χ3v) is 6.52. The molecule has 2 amide bonds. The molecule has 2 heterocycles. The Labute approximate surface area is 192 Å². The summed E-state index contributed by atoms with van der Waals surface area (Å²) in [6, 6.07) is 13.0. The standard InChI is InChI=1S/C25H29F2N3O3/c1-15-21(16-6-4-3-5-7-16)19-12-17(13-20(22(19)33-15)24(32)28-2)23(31)30-11-9-18-8-10-29-14-25(18,26)27/h3-7,12-13,15,18,21,29H,8-11,14H2,1-2H3,(H,28,32)(H,30,31)/t15-,18-,21+/m1/s1. The van der Waals surface area contributed by atoms with E-state index >= 15 is 0 Å². The van der Waals surface area contributed by atoms with Gasteiger partial charge in [0.25, 0.3) is 17.7 Å². The number of alkyl halides is 2. The minimum absolute atomic E-state index is 0.134. The van der Waals surface area contributed by atoms with Crippen molar-refractivity contribution < 1.29 is 23.1 Å². The molecule has 0 radical (unpaired) electrons. The van der Waals surface area contributed by atoms with Crippen molar-refractivity contribution in [3.63, 3.8) is 0 Å². The molecule has 33 heavy (non-hydrogen) atoms. The number of fused-ring (bicyclic) bond motifs is 1. The zero-order valence-corrected chi connectivity index (χ0v) is 18.8. The maximum absolute atomic E-state index is 14.1. The number of hydrogen-bond donors (Lipinski definition) is 3. The summed E-state index contributed by atoms with van der Waals surface area (Å²) in [6.45, 7) is 2.29. The first kappa shape index (κ1) is 23.2. The lowest BCUT2D eigenvalue weighted by atomic mass is 9.87. The van der Waals surface area contributed by atoms with Gasteiger partial charge in [-0.2, -0.15) is 0 Å². The van der Waals surface area contributed by atoms with Crippen LogP contribution in [0.5, 0.6) is 5.75 Å². The Morgan fingerprint density at radius 1 is 1.18 bits per heavy atom. The summed E-state index contributed by atoms with van der Waals surface area (Å²) in [7, 11) is 1.52. The van der Waals surface area contributed by atoms with Crippen LogP contribution in [0.25, 0.3) is 0 Å². The van der Waals surface area contributed by atoms with Crippen molar-refractivity contribution in [2.75, 3.05) is 26.7 Å². The lowest BCUT2D eigenvalue weighted by Crippen LogP contribution is -2.47. The first-order valence-corrected chi connectivity index (χ1v) is 11.3. The zero-order chi connectivity index (χ0) is 23.6. The van der Waals surface area contributed by atoms with Crippen molar-refractivity contribution in [3.8, 4) is 5.75 Å². The molecule has 0 saturated carbocycles. The third kappa shape index (κ3) is 4.71. The molecule has 0 unspecified atom stereocenters. The summed E-state index contributed by atoms with van der Waals surface area (Å²) in [4.78, 5) is 25.5. The topological polar surface area (TPSA) is 79.5 Å². The molecular formula is C25H29F2N3O3. The molecular weight excluding hydrogens is 428 g/mol. The fourth-order valence-electron chi connectivity index (χ4n) is 4.77. The molecule has 1 fully saturated rings. The van der Waals surface area contributed by atoms with Crippen molar-refractivity contribution in [1.82, 2.24) is 16.0 Å². The third-order valence-electron chi connectivity index (χ3n) is 6.52. The van der Waals surface area contributed by atoms with Crippen LogP contribution in [0.15, 0.2) is 42.5 Å². The van der Waals surface area contributed by atoms with Gasteiger partial charge in [0.05, 0.1) is 12.1 Å². The van der Waals surface area contributed by atoms with Crippen LogP contribution < -0.4 is 20.7 Å². The van der Waals surface area contributed by atoms with Crippen LogP contribution >= 0.6 is 0 Å². The first-order chi connectivity index (χ1) is 15.8. The maximum Gasteiger partial charge on any atom is 0.263 e. The van der Waals surface area contributed by atoms with E-state index in [2.05, 4.69) is 16.0 Å². The average Bonchev–Trinajstić information content (AvgIpc) is 3.14. The van der Waals surface area contributed by atoms with E-state index in [1.54, 1.807) is 6.07 Å². The lowest BCUT2D eigenvalue weighted by molar-refractivity contribution is -0.0754. The van der Waals surface area contributed by atoms with Crippen LogP contribution in [0, 0.1) is 5.92 Å². The maximum atomic E-state index is 14.1. The van der Waals surface area contributed by atoms with Gasteiger partial charge in [-0.1, -0.05) is 30.3 Å². The minimum atomic E-state index is -2.78. The number of carbonyl (C=O) groups is 2. The van der Waals surface area contributed by atoms with Gasteiger partial charge in [0.2, 0.25) is 0 Å². The Balaban J connectivity index is 1.58. The van der Waals surface area contributed by atoms with Crippen LogP contribution in [-0.2, 0) is 0 Å². The highest BCUT2D eigenvalue weighted by atomic mass is 19.3. The number of halogens is 2. The second-order valence-corrected chi connectivity index (χ2v) is 8.70. The van der Waals surface area contributed by atoms with Crippen LogP contribution in [-0.4, -0.2) is 50.5 Å². The van der Waals surface area contributed by atoms with E-state index in [1.165, 1.54) is 13.1 Å². The molecule has 0 bridgehead atoms. The highest BCUT2D eigenvalue weighted by Crippen LogP contribution is 2.45. The number of ether oxygens (including phenoxy) is 1. The van der Waals surface area contributed by atoms with Gasteiger partial charge in [0.15, 0.2) is 0 Å². The summed E-state index contributed by atoms with van der Waals surface area (Å²) in [5, 5.41) is 8.07. The van der Waals surface area contributed by atoms with E-state index < -0.39 is 17.7 Å². The number of nitrogens with one attached hydrogen (secondary N) is 3. The lowest BCUT2D eigenvalue weighted by Gasteiger charge is -2.31. The molecule has 4 rings (SSSR count). The molecule has 0 aromatic heterocycles. The van der Waals surface area contributed by atoms with Crippen LogP contribution in [0.4, 0.5) is 8.78 Å². The van der Waals surface area contributed by atoms with E-state index in [0.717, 1.165) is 11.1 Å². The SMILES string of the molecule is CNC(=O)c1cc(C(=O)NCC[C@H]2CCNCC2(F)F)cc2c1O[C@H](C)[C@H]2c1ccccc1. The summed E-state index contributed by atoms with van der Waals surface area (Å²) in [6.07, 6.45) is 0.350. The Morgan fingerprint density at radius 3 is 2.64 bits per heavy atom. The molecule has 1 saturated heterocycles. The van der Waals surface area contributed by atoms with Gasteiger partial charge in [0.1, 0.15) is 11.9 Å². The average molecular weight is 458 g/mol. The van der Waals surface area contributed by atoms with Crippen molar-refractivity contribution in [3.05, 3.63) is 64.7 Å². The Bertz CT molecular complexity index is 1030. The molecule has 2 aromatic carbocycles. The first-order valence-electron chi connectivity index (χ1n) is 11.3. The molecule has 3 N–H and O–H groups in total. The van der Waals surface area contributed by atoms with E-state index in [0.29, 0.717) is 24.3 Å². The molecule has 3 atom stereocenters. The normalized spacial score (nSPS) is 23.3. The fraction of sp³-hybridized carbons (Fsp3) is 0.440. The highest BCUT2D eigenvalue weighted by Gasteiger charge is 2.41. The summed E-state index contributed by atoms with van der Waals surface area (Å²) in [5.74, 6) is -3.95. The van der Waals surface area contributed by atoms with Gasteiger partial charge in [-0.05, 0) is 44.0 Å². The van der Waals surface area contributed by atoms with Crippen LogP contribution in [0.2, 0.25) is 0 Å². The quantitative estimate of drug-likeness (QED) is 0.622. The molecule has 2 aliphatic heterocycles. The molecule has 176 valence electrons. The minimum Gasteiger partial charge on any atom is -0.489 e. The number of piperidine rings is 1. The van der Waals surface area contributed by atoms with Gasteiger partial charge in [-0.3, -0.25) is 9.59 Å². The number of hydrogen-bond acceptors (Lipinski definition) is 4. The van der Waals surface area contributed by atoms with E-state index in [4.69, 9.17) is 4.74 Å². The molecule has 8 heteroatoms. The Morgan fingerprint density at radius 2 is 1.94 bits per heavy atom. The molecule has 2 aromatic rings. The predicted molar refractivity (Wildman–Crippen MR) is 121 cm³/mol. The molecule has 6 nitrogen and oxygen atoms in total. The van der Waals surface area contributed by atoms with Gasteiger partial charge in [0, 0.05) is 36.6 Å². The monoisotopic (exact) mass is 457 g/mol. The van der Waals surface area contributed by atoms with Crippen molar-refractivity contribution in [2.45, 2.75) is 37.7 Å². The van der Waals surface area contributed by atoms with E-state index in [9.17, 15) is 18.4 Å². The van der Waals surface area contributed by atoms with Crippen molar-refractivity contribution in [2.24, 2.45) is 5.92 Å². The summed E-state index contributed by atoms with van der Waals surface area (Å²) < 4.78 is 34.2. The molecule has 0 spiro atoms. The zero-order valence-electron chi connectivity index (χ0n) is 18.8. The second-order valence-electron chi connectivity index (χ2n) is 8.70. The number of rotatable bonds is 6. The van der Waals surface area contributed by atoms with Gasteiger partial charge >= 0.3 is 0 Å². The van der Waals surface area contributed by atoms with E-state index in [-0.39, 0.29) is 43.0 Å². The largest absolute Gasteiger partial charge is 0.489 e. The summed E-state index contributed by atoms with van der Waals surface area (Å²) >= 11 is 0. The van der Waals surface area contributed by atoms with Crippen molar-refractivity contribution in [1.29, 1.82) is 0 Å². The van der Waals surface area contributed by atoms with Gasteiger partial charge < -0.3 is 20.7 Å². The smallest absolute Gasteiger partial charge is 0.263 e. The fourth-order valence-corrected chi connectivity index (χ4v) is 4.77. The van der Waals surface area contributed by atoms with Gasteiger partial charge in [-0.15, -0.1) is 0 Å². The highest BCUT2D eigenvalue weighted by molar-refractivity contribution is 6.02. The molecule has 2 aliphatic rings. The molecule has 0 aliphatic carbocycles.